The zero-order valence-corrected chi connectivity index (χ0v) is 26.3. The fraction of sp³-hybridized carbons (Fsp3) is 0.393. The SMILES string of the molecule is Cc1ncc(-c2nc3c(C(N)=O)nn(CC(=O)N4C[C@H](F)C[C@H]4C(=S)NC4CCC(c5cc6sccc6s5)C4)c3s2)cn1. The number of carbonyl (C=O) groups excluding carboxylic acids is 2. The second kappa shape index (κ2) is 11.3. The van der Waals surface area contributed by atoms with Gasteiger partial charge in [-0.15, -0.1) is 22.7 Å². The molecule has 5 aromatic heterocycles. The van der Waals surface area contributed by atoms with Crippen molar-refractivity contribution < 1.29 is 14.0 Å². The number of hydrogen-bond donors (Lipinski definition) is 2. The van der Waals surface area contributed by atoms with Crippen LogP contribution in [0.3, 0.4) is 0 Å². The van der Waals surface area contributed by atoms with Gasteiger partial charge in [0.2, 0.25) is 5.91 Å². The molecule has 6 heterocycles. The highest BCUT2D eigenvalue weighted by molar-refractivity contribution is 7.80. The van der Waals surface area contributed by atoms with Crippen LogP contribution in [-0.4, -0.2) is 71.2 Å². The summed E-state index contributed by atoms with van der Waals surface area (Å²) in [5.74, 6) is -0.00383. The average Bonchev–Trinajstić information content (AvgIpc) is 3.79. The number of nitrogens with one attached hydrogen (secondary N) is 1. The van der Waals surface area contributed by atoms with Crippen molar-refractivity contribution in [3.63, 3.8) is 0 Å². The second-order valence-electron chi connectivity index (χ2n) is 11.0. The van der Waals surface area contributed by atoms with Gasteiger partial charge in [0.1, 0.15) is 33.9 Å². The van der Waals surface area contributed by atoms with E-state index in [0.29, 0.717) is 37.6 Å². The van der Waals surface area contributed by atoms with Crippen LogP contribution in [0.1, 0.15) is 52.8 Å². The van der Waals surface area contributed by atoms with E-state index in [2.05, 4.69) is 42.9 Å². The number of nitrogens with two attached hydrogens (primary N) is 1. The van der Waals surface area contributed by atoms with Crippen molar-refractivity contribution in [2.24, 2.45) is 5.73 Å². The second-order valence-corrected chi connectivity index (χ2v) is 14.5. The first-order valence-electron chi connectivity index (χ1n) is 13.9. The number of aromatic nitrogens is 5. The Morgan fingerprint density at radius 2 is 2.00 bits per heavy atom. The van der Waals surface area contributed by atoms with Gasteiger partial charge in [0.05, 0.1) is 17.6 Å². The first kappa shape index (κ1) is 28.4. The summed E-state index contributed by atoms with van der Waals surface area (Å²) in [6, 6.07) is 4.10. The molecule has 15 heteroatoms. The van der Waals surface area contributed by atoms with Crippen molar-refractivity contribution in [2.75, 3.05) is 6.54 Å². The van der Waals surface area contributed by atoms with Crippen LogP contribution >= 0.6 is 46.2 Å². The van der Waals surface area contributed by atoms with Gasteiger partial charge in [-0.1, -0.05) is 23.6 Å². The van der Waals surface area contributed by atoms with Crippen molar-refractivity contribution in [1.29, 1.82) is 0 Å². The maximum absolute atomic E-state index is 14.8. The summed E-state index contributed by atoms with van der Waals surface area (Å²) in [4.78, 5) is 42.7. The predicted molar refractivity (Wildman–Crippen MR) is 171 cm³/mol. The van der Waals surface area contributed by atoms with Crippen LogP contribution in [0.2, 0.25) is 0 Å². The Balaban J connectivity index is 1.06. The molecule has 4 atom stereocenters. The fourth-order valence-corrected chi connectivity index (χ4v) is 9.59. The summed E-state index contributed by atoms with van der Waals surface area (Å²) in [6.45, 7) is 1.53. The van der Waals surface area contributed by atoms with Crippen molar-refractivity contribution in [3.05, 3.63) is 46.3 Å². The van der Waals surface area contributed by atoms with E-state index in [1.54, 1.807) is 30.7 Å². The lowest BCUT2D eigenvalue weighted by Gasteiger charge is -2.27. The number of fused-ring (bicyclic) bond motifs is 2. The minimum Gasteiger partial charge on any atom is -0.375 e. The Morgan fingerprint density at radius 1 is 1.19 bits per heavy atom. The summed E-state index contributed by atoms with van der Waals surface area (Å²) in [6.07, 6.45) is 5.24. The van der Waals surface area contributed by atoms with Crippen molar-refractivity contribution in [2.45, 2.75) is 63.3 Å². The van der Waals surface area contributed by atoms with E-state index in [-0.39, 0.29) is 37.2 Å². The molecule has 43 heavy (non-hydrogen) atoms. The molecule has 0 spiro atoms. The minimum atomic E-state index is -1.18. The van der Waals surface area contributed by atoms with Gasteiger partial charge >= 0.3 is 0 Å². The molecule has 7 rings (SSSR count). The lowest BCUT2D eigenvalue weighted by atomic mass is 10.1. The van der Waals surface area contributed by atoms with Gasteiger partial charge in [-0.2, -0.15) is 5.10 Å². The Bertz CT molecular complexity index is 1830. The molecular weight excluding hydrogens is 628 g/mol. The minimum absolute atomic E-state index is 0.0294. The summed E-state index contributed by atoms with van der Waals surface area (Å²) in [7, 11) is 0. The highest BCUT2D eigenvalue weighted by Gasteiger charge is 2.39. The Labute approximate surface area is 263 Å². The molecule has 222 valence electrons. The third kappa shape index (κ3) is 5.43. The molecule has 2 unspecified atom stereocenters. The molecule has 1 aliphatic carbocycles. The van der Waals surface area contributed by atoms with Gasteiger partial charge in [-0.3, -0.25) is 9.59 Å². The average molecular weight is 655 g/mol. The van der Waals surface area contributed by atoms with Crippen LogP contribution < -0.4 is 11.1 Å². The molecule has 5 aromatic rings. The number of amides is 2. The summed E-state index contributed by atoms with van der Waals surface area (Å²) in [5, 5.41) is 10.5. The summed E-state index contributed by atoms with van der Waals surface area (Å²) in [5.41, 5.74) is 6.54. The molecule has 1 aliphatic heterocycles. The lowest BCUT2D eigenvalue weighted by Crippen LogP contribution is -2.48. The van der Waals surface area contributed by atoms with E-state index in [1.807, 2.05) is 11.3 Å². The smallest absolute Gasteiger partial charge is 0.271 e. The van der Waals surface area contributed by atoms with Gasteiger partial charge in [0.15, 0.2) is 5.69 Å². The van der Waals surface area contributed by atoms with Gasteiger partial charge in [0, 0.05) is 44.7 Å². The monoisotopic (exact) mass is 654 g/mol. The van der Waals surface area contributed by atoms with Crippen LogP contribution in [-0.2, 0) is 11.3 Å². The van der Waals surface area contributed by atoms with Gasteiger partial charge in [-0.25, -0.2) is 24.0 Å². The molecule has 0 bridgehead atoms. The Morgan fingerprint density at radius 3 is 2.77 bits per heavy atom. The van der Waals surface area contributed by atoms with E-state index in [1.165, 1.54) is 35.2 Å². The number of thiocarbonyl (C=S) groups is 1. The molecule has 2 amide bonds. The highest BCUT2D eigenvalue weighted by Crippen LogP contribution is 2.42. The molecule has 10 nitrogen and oxygen atoms in total. The third-order valence-corrected chi connectivity index (χ3v) is 11.8. The Kier molecular flexibility index (Phi) is 7.43. The number of likely N-dealkylation sites (tertiary alicyclic amines) is 1. The van der Waals surface area contributed by atoms with Crippen molar-refractivity contribution >= 4 is 82.8 Å². The maximum atomic E-state index is 14.8. The first-order valence-corrected chi connectivity index (χ1v) is 16.8. The first-order chi connectivity index (χ1) is 20.7. The number of thiazole rings is 1. The molecule has 1 saturated carbocycles. The van der Waals surface area contributed by atoms with E-state index in [0.717, 1.165) is 19.3 Å². The van der Waals surface area contributed by atoms with Gasteiger partial charge in [-0.05, 0) is 49.6 Å². The normalized spacial score (nSPS) is 22.1. The van der Waals surface area contributed by atoms with Crippen LogP contribution in [0.5, 0.6) is 0 Å². The predicted octanol–water partition coefficient (Wildman–Crippen LogP) is 4.83. The molecule has 0 aromatic carbocycles. The fourth-order valence-electron chi connectivity index (χ4n) is 5.94. The van der Waals surface area contributed by atoms with Crippen LogP contribution in [0, 0.1) is 6.92 Å². The summed E-state index contributed by atoms with van der Waals surface area (Å²) >= 11 is 10.6. The van der Waals surface area contributed by atoms with Crippen LogP contribution in [0.4, 0.5) is 4.39 Å². The zero-order chi connectivity index (χ0) is 29.8. The number of halogens is 1. The standard InChI is InChI=1S/C28H27FN8O2S4/c1-13-31-9-15(10-32-13)27-34-24-23(25(30)39)35-37(28(24)43-27)12-22(38)36-11-16(29)7-18(36)26(40)33-17-3-2-14(6-17)20-8-21-19(42-20)4-5-41-21/h4-5,8-10,14,16-18H,2-3,6-7,11-12H2,1H3,(H2,30,39)(H,33,40)/t14?,16-,17?,18+/m1/s1. The van der Waals surface area contributed by atoms with Gasteiger partial charge in [0.25, 0.3) is 5.91 Å². The molecule has 1 saturated heterocycles. The number of primary amides is 1. The van der Waals surface area contributed by atoms with Crippen LogP contribution in [0.25, 0.3) is 30.3 Å². The Hall–Kier alpha value is -3.40. The number of aryl methyl sites for hydroxylation is 1. The van der Waals surface area contributed by atoms with Crippen molar-refractivity contribution in [1.82, 2.24) is 34.9 Å². The maximum Gasteiger partial charge on any atom is 0.271 e. The number of alkyl halides is 1. The molecule has 2 aliphatic rings. The number of nitrogens with zero attached hydrogens (tertiary/aromatic N) is 6. The zero-order valence-electron chi connectivity index (χ0n) is 23.0. The lowest BCUT2D eigenvalue weighted by molar-refractivity contribution is -0.131. The van der Waals surface area contributed by atoms with E-state index in [9.17, 15) is 14.0 Å². The quantitative estimate of drug-likeness (QED) is 0.239. The molecule has 0 radical (unpaired) electrons. The third-order valence-electron chi connectivity index (χ3n) is 8.05. The number of rotatable bonds is 7. The number of thiophene rings is 2. The molecule has 3 N–H and O–H groups in total. The van der Waals surface area contributed by atoms with Crippen LogP contribution in [0.15, 0.2) is 29.9 Å². The van der Waals surface area contributed by atoms with E-state index in [4.69, 9.17) is 18.0 Å². The highest BCUT2D eigenvalue weighted by atomic mass is 32.1. The van der Waals surface area contributed by atoms with Gasteiger partial charge < -0.3 is 16.0 Å². The number of hydrogen-bond acceptors (Lipinski definition) is 10. The van der Waals surface area contributed by atoms with Crippen molar-refractivity contribution in [3.8, 4) is 10.6 Å². The topological polar surface area (TPSA) is 132 Å². The number of carbonyl (C=O) groups is 2. The molecular formula is C28H27FN8O2S4. The molecule has 2 fully saturated rings. The van der Waals surface area contributed by atoms with E-state index < -0.39 is 18.1 Å². The largest absolute Gasteiger partial charge is 0.375 e. The van der Waals surface area contributed by atoms with E-state index >= 15 is 0 Å². The summed E-state index contributed by atoms with van der Waals surface area (Å²) < 4.78 is 18.8.